The molecule has 4 nitrogen and oxygen atoms in total. The summed E-state index contributed by atoms with van der Waals surface area (Å²) in [5.74, 6) is 1.44. The molecule has 0 radical (unpaired) electrons. The Morgan fingerprint density at radius 3 is 2.44 bits per heavy atom. The van der Waals surface area contributed by atoms with Gasteiger partial charge in [0.25, 0.3) is 0 Å². The molecule has 0 unspecified atom stereocenters. The van der Waals surface area contributed by atoms with E-state index in [0.717, 1.165) is 11.3 Å². The number of fused-ring (bicyclic) bond motifs is 1. The van der Waals surface area contributed by atoms with Gasteiger partial charge in [0, 0.05) is 47.9 Å². The second-order valence-corrected chi connectivity index (χ2v) is 6.33. The quantitative estimate of drug-likeness (QED) is 0.513. The summed E-state index contributed by atoms with van der Waals surface area (Å²) in [6.45, 7) is 1.30. The molecular formula is C19H18Cl2N2O2. The maximum Gasteiger partial charge on any atom is 0.195 e. The van der Waals surface area contributed by atoms with Crippen LogP contribution in [0.15, 0.2) is 57.7 Å². The van der Waals surface area contributed by atoms with Gasteiger partial charge in [-0.2, -0.15) is 0 Å². The van der Waals surface area contributed by atoms with Crippen molar-refractivity contribution < 1.29 is 4.42 Å². The fourth-order valence-electron chi connectivity index (χ4n) is 2.88. The number of para-hydroxylation sites is 1. The third kappa shape index (κ3) is 3.60. The van der Waals surface area contributed by atoms with E-state index in [4.69, 9.17) is 33.4 Å². The number of nitrogens with zero attached hydrogens (tertiary/aromatic N) is 1. The van der Waals surface area contributed by atoms with Crippen molar-refractivity contribution >= 4 is 45.5 Å². The van der Waals surface area contributed by atoms with Gasteiger partial charge in [-0.25, -0.2) is 0 Å². The van der Waals surface area contributed by atoms with Crippen LogP contribution in [-0.4, -0.2) is 24.8 Å². The summed E-state index contributed by atoms with van der Waals surface area (Å²) in [4.78, 5) is 14.6. The smallest absolute Gasteiger partial charge is 0.195 e. The van der Waals surface area contributed by atoms with Crippen molar-refractivity contribution in [3.8, 4) is 11.3 Å². The first-order chi connectivity index (χ1) is 12.2. The van der Waals surface area contributed by atoms with E-state index >= 15 is 0 Å². The van der Waals surface area contributed by atoms with Gasteiger partial charge in [0.15, 0.2) is 5.43 Å². The molecule has 0 aliphatic heterocycles. The molecule has 2 aromatic carbocycles. The Hall–Kier alpha value is -2.17. The van der Waals surface area contributed by atoms with E-state index in [2.05, 4.69) is 4.90 Å². The molecule has 0 saturated heterocycles. The molecule has 130 valence electrons. The summed E-state index contributed by atoms with van der Waals surface area (Å²) in [7, 11) is 0. The lowest BCUT2D eigenvalue weighted by Gasteiger charge is -2.25. The zero-order chi connectivity index (χ0) is 17.8. The Bertz CT molecular complexity index is 934. The fraction of sp³-hybridized carbons (Fsp3) is 0.211. The summed E-state index contributed by atoms with van der Waals surface area (Å²) >= 11 is 11.9. The zero-order valence-corrected chi connectivity index (χ0v) is 15.1. The minimum absolute atomic E-state index is 0.162. The van der Waals surface area contributed by atoms with Gasteiger partial charge in [-0.3, -0.25) is 4.79 Å². The fourth-order valence-corrected chi connectivity index (χ4v) is 3.29. The molecule has 6 heteroatoms. The average Bonchev–Trinajstić information content (AvgIpc) is 2.61. The second-order valence-electron chi connectivity index (χ2n) is 5.58. The molecule has 0 aliphatic rings. The van der Waals surface area contributed by atoms with E-state index < -0.39 is 0 Å². The van der Waals surface area contributed by atoms with E-state index in [0.29, 0.717) is 47.3 Å². The van der Waals surface area contributed by atoms with Gasteiger partial charge >= 0.3 is 0 Å². The molecule has 25 heavy (non-hydrogen) atoms. The minimum Gasteiger partial charge on any atom is -0.456 e. The van der Waals surface area contributed by atoms with E-state index in [1.165, 1.54) is 6.07 Å². The van der Waals surface area contributed by atoms with Crippen LogP contribution >= 0.6 is 23.2 Å². The van der Waals surface area contributed by atoms with Gasteiger partial charge in [-0.1, -0.05) is 18.2 Å². The lowest BCUT2D eigenvalue weighted by Crippen LogP contribution is -2.28. The molecule has 2 N–H and O–H groups in total. The van der Waals surface area contributed by atoms with Crippen molar-refractivity contribution in [2.24, 2.45) is 0 Å². The third-order valence-corrected chi connectivity index (χ3v) is 4.34. The first kappa shape index (κ1) is 17.6. The van der Waals surface area contributed by atoms with Crippen LogP contribution in [0.1, 0.15) is 0 Å². The molecule has 1 heterocycles. The lowest BCUT2D eigenvalue weighted by atomic mass is 10.1. The van der Waals surface area contributed by atoms with Gasteiger partial charge in [-0.05, 0) is 24.3 Å². The summed E-state index contributed by atoms with van der Waals surface area (Å²) in [5.41, 5.74) is 8.37. The van der Waals surface area contributed by atoms with Gasteiger partial charge in [0.05, 0.1) is 5.39 Å². The third-order valence-electron chi connectivity index (χ3n) is 4.01. The van der Waals surface area contributed by atoms with Crippen LogP contribution in [0, 0.1) is 0 Å². The molecule has 0 fully saturated rings. The van der Waals surface area contributed by atoms with Crippen molar-refractivity contribution in [3.63, 3.8) is 0 Å². The standard InChI is InChI=1S/C19H18Cl2N2O2/c20-8-10-23(11-9-21)15-6-2-1-4-13(15)18-12-16(24)19-14(22)5-3-7-17(19)25-18/h1-7,12H,8-11,22H2. The van der Waals surface area contributed by atoms with Crippen molar-refractivity contribution in [3.05, 3.63) is 58.8 Å². The predicted octanol–water partition coefficient (Wildman–Crippen LogP) is 4.33. The van der Waals surface area contributed by atoms with Crippen molar-refractivity contribution in [1.82, 2.24) is 0 Å². The summed E-state index contributed by atoms with van der Waals surface area (Å²) in [5, 5.41) is 0.405. The highest BCUT2D eigenvalue weighted by atomic mass is 35.5. The van der Waals surface area contributed by atoms with E-state index in [1.807, 2.05) is 24.3 Å². The summed E-state index contributed by atoms with van der Waals surface area (Å²) < 4.78 is 5.98. The highest BCUT2D eigenvalue weighted by Gasteiger charge is 2.15. The van der Waals surface area contributed by atoms with Crippen molar-refractivity contribution in [1.29, 1.82) is 0 Å². The SMILES string of the molecule is Nc1cccc2oc(-c3ccccc3N(CCCl)CCCl)cc(=O)c12. The number of rotatable bonds is 6. The topological polar surface area (TPSA) is 59.5 Å². The Morgan fingerprint density at radius 1 is 1.00 bits per heavy atom. The Kier molecular flexibility index (Phi) is 5.51. The van der Waals surface area contributed by atoms with Crippen LogP contribution in [0.5, 0.6) is 0 Å². The number of alkyl halides is 2. The van der Waals surface area contributed by atoms with Gasteiger partial charge in [0.2, 0.25) is 0 Å². The highest BCUT2D eigenvalue weighted by molar-refractivity contribution is 6.18. The monoisotopic (exact) mass is 376 g/mol. The molecule has 0 atom stereocenters. The number of nitrogen functional groups attached to an aromatic ring is 1. The molecular weight excluding hydrogens is 359 g/mol. The number of benzene rings is 2. The molecule has 0 amide bonds. The van der Waals surface area contributed by atoms with Gasteiger partial charge in [0.1, 0.15) is 11.3 Å². The number of nitrogens with two attached hydrogens (primary N) is 1. The molecule has 1 aromatic heterocycles. The zero-order valence-electron chi connectivity index (χ0n) is 13.5. The van der Waals surface area contributed by atoms with Gasteiger partial charge < -0.3 is 15.1 Å². The second kappa shape index (κ2) is 7.81. The van der Waals surface area contributed by atoms with Crippen molar-refractivity contribution in [2.75, 3.05) is 35.5 Å². The Morgan fingerprint density at radius 2 is 1.72 bits per heavy atom. The van der Waals surface area contributed by atoms with Gasteiger partial charge in [-0.15, -0.1) is 23.2 Å². The average molecular weight is 377 g/mol. The van der Waals surface area contributed by atoms with Crippen molar-refractivity contribution in [2.45, 2.75) is 0 Å². The number of halogens is 2. The van der Waals surface area contributed by atoms with Crippen LogP contribution in [0.4, 0.5) is 11.4 Å². The van der Waals surface area contributed by atoms with Crippen LogP contribution in [0.2, 0.25) is 0 Å². The van der Waals surface area contributed by atoms with E-state index in [1.54, 1.807) is 18.2 Å². The highest BCUT2D eigenvalue weighted by Crippen LogP contribution is 2.32. The normalized spacial score (nSPS) is 11.0. The molecule has 0 aliphatic carbocycles. The first-order valence-corrected chi connectivity index (χ1v) is 9.01. The van der Waals surface area contributed by atoms with Crippen LogP contribution in [0.3, 0.4) is 0 Å². The number of hydrogen-bond acceptors (Lipinski definition) is 4. The minimum atomic E-state index is -0.162. The summed E-state index contributed by atoms with van der Waals surface area (Å²) in [6.07, 6.45) is 0. The Balaban J connectivity index is 2.17. The van der Waals surface area contributed by atoms with Crippen LogP contribution in [0.25, 0.3) is 22.3 Å². The number of anilines is 2. The molecule has 0 spiro atoms. The first-order valence-electron chi connectivity index (χ1n) is 7.94. The van der Waals surface area contributed by atoms with E-state index in [9.17, 15) is 4.79 Å². The maximum absolute atomic E-state index is 12.5. The molecule has 3 rings (SSSR count). The summed E-state index contributed by atoms with van der Waals surface area (Å²) in [6, 6.07) is 14.4. The van der Waals surface area contributed by atoms with Crippen LogP contribution < -0.4 is 16.1 Å². The predicted molar refractivity (Wildman–Crippen MR) is 106 cm³/mol. The largest absolute Gasteiger partial charge is 0.456 e. The molecule has 0 saturated carbocycles. The number of hydrogen-bond donors (Lipinski definition) is 1. The molecule has 3 aromatic rings. The lowest BCUT2D eigenvalue weighted by molar-refractivity contribution is 0.618. The molecule has 0 bridgehead atoms. The maximum atomic E-state index is 12.5. The Labute approximate surface area is 155 Å². The van der Waals surface area contributed by atoms with E-state index in [-0.39, 0.29) is 5.43 Å². The van der Waals surface area contributed by atoms with Crippen LogP contribution in [-0.2, 0) is 0 Å².